The molecule has 0 bridgehead atoms. The fourth-order valence-electron chi connectivity index (χ4n) is 3.77. The molecule has 1 amide bonds. The van der Waals surface area contributed by atoms with Gasteiger partial charge in [-0.3, -0.25) is 9.98 Å². The van der Waals surface area contributed by atoms with Crippen molar-refractivity contribution in [2.75, 3.05) is 6.54 Å². The number of carbonyl (C=O) groups excluding carboxylic acids is 1. The Balaban J connectivity index is 1.42. The zero-order chi connectivity index (χ0) is 18.9. The number of rotatable bonds is 3. The van der Waals surface area contributed by atoms with E-state index in [2.05, 4.69) is 11.1 Å². The van der Waals surface area contributed by atoms with E-state index in [0.717, 1.165) is 39.9 Å². The number of hydrogen-bond acceptors (Lipinski definition) is 4. The van der Waals surface area contributed by atoms with E-state index in [9.17, 15) is 4.79 Å². The Morgan fingerprint density at radius 3 is 2.64 bits per heavy atom. The lowest BCUT2D eigenvalue weighted by Gasteiger charge is -2.18. The predicted octanol–water partition coefficient (Wildman–Crippen LogP) is 3.99. The van der Waals surface area contributed by atoms with E-state index in [1.807, 2.05) is 48.5 Å². The SMILES string of the molecule is O=C1Oc2cc3c(cc2CCN1Cc1ccccc1)C(c1ccncc1)=NC3. The molecule has 0 aliphatic carbocycles. The molecule has 0 radical (unpaired) electrons. The molecule has 28 heavy (non-hydrogen) atoms. The summed E-state index contributed by atoms with van der Waals surface area (Å²) in [4.78, 5) is 23.2. The van der Waals surface area contributed by atoms with E-state index in [0.29, 0.717) is 25.4 Å². The molecular formula is C23H19N3O2. The lowest BCUT2D eigenvalue weighted by Crippen LogP contribution is -2.32. The second-order valence-corrected chi connectivity index (χ2v) is 7.04. The van der Waals surface area contributed by atoms with Crippen molar-refractivity contribution in [1.29, 1.82) is 0 Å². The van der Waals surface area contributed by atoms with E-state index in [4.69, 9.17) is 9.73 Å². The first-order valence-corrected chi connectivity index (χ1v) is 9.39. The van der Waals surface area contributed by atoms with Gasteiger partial charge in [-0.05, 0) is 47.4 Å². The molecular weight excluding hydrogens is 350 g/mol. The minimum Gasteiger partial charge on any atom is -0.410 e. The predicted molar refractivity (Wildman–Crippen MR) is 107 cm³/mol. The number of carbonyl (C=O) groups is 1. The van der Waals surface area contributed by atoms with Gasteiger partial charge in [0.1, 0.15) is 5.75 Å². The Bertz CT molecular complexity index is 1060. The Labute approximate surface area is 163 Å². The van der Waals surface area contributed by atoms with Gasteiger partial charge in [0.05, 0.1) is 12.3 Å². The summed E-state index contributed by atoms with van der Waals surface area (Å²) < 4.78 is 5.73. The van der Waals surface area contributed by atoms with E-state index in [-0.39, 0.29) is 6.09 Å². The fraction of sp³-hybridized carbons (Fsp3) is 0.174. The van der Waals surface area contributed by atoms with Crippen LogP contribution >= 0.6 is 0 Å². The van der Waals surface area contributed by atoms with E-state index in [1.165, 1.54) is 0 Å². The van der Waals surface area contributed by atoms with Crippen LogP contribution in [0.3, 0.4) is 0 Å². The first-order valence-electron chi connectivity index (χ1n) is 9.39. The van der Waals surface area contributed by atoms with Crippen molar-refractivity contribution < 1.29 is 9.53 Å². The molecule has 2 aliphatic rings. The molecule has 5 heteroatoms. The summed E-state index contributed by atoms with van der Waals surface area (Å²) in [6.45, 7) is 1.78. The zero-order valence-electron chi connectivity index (χ0n) is 15.3. The summed E-state index contributed by atoms with van der Waals surface area (Å²) in [5, 5.41) is 0. The average molecular weight is 369 g/mol. The summed E-state index contributed by atoms with van der Waals surface area (Å²) in [6, 6.07) is 18.1. The van der Waals surface area contributed by atoms with E-state index in [1.54, 1.807) is 17.3 Å². The quantitative estimate of drug-likeness (QED) is 0.701. The number of aromatic nitrogens is 1. The van der Waals surface area contributed by atoms with E-state index < -0.39 is 0 Å². The molecule has 3 aromatic rings. The van der Waals surface area contributed by atoms with Gasteiger partial charge < -0.3 is 9.64 Å². The van der Waals surface area contributed by atoms with Crippen molar-refractivity contribution in [3.05, 3.63) is 94.8 Å². The highest BCUT2D eigenvalue weighted by molar-refractivity contribution is 6.15. The van der Waals surface area contributed by atoms with Crippen LogP contribution < -0.4 is 4.74 Å². The second-order valence-electron chi connectivity index (χ2n) is 7.04. The van der Waals surface area contributed by atoms with Crippen LogP contribution in [0.15, 0.2) is 72.0 Å². The molecule has 2 aliphatic heterocycles. The highest BCUT2D eigenvalue weighted by Crippen LogP contribution is 2.32. The summed E-state index contributed by atoms with van der Waals surface area (Å²) in [5.74, 6) is 0.658. The minimum atomic E-state index is -0.296. The molecule has 2 aromatic carbocycles. The van der Waals surface area contributed by atoms with Gasteiger partial charge in [-0.15, -0.1) is 0 Å². The maximum atomic E-state index is 12.6. The van der Waals surface area contributed by atoms with Crippen LogP contribution in [0.4, 0.5) is 4.79 Å². The first kappa shape index (κ1) is 16.7. The fourth-order valence-corrected chi connectivity index (χ4v) is 3.77. The number of ether oxygens (including phenoxy) is 1. The largest absolute Gasteiger partial charge is 0.415 e. The molecule has 0 spiro atoms. The van der Waals surface area contributed by atoms with Gasteiger partial charge in [0.25, 0.3) is 0 Å². The van der Waals surface area contributed by atoms with Crippen molar-refractivity contribution in [2.24, 2.45) is 4.99 Å². The van der Waals surface area contributed by atoms with Crippen LogP contribution in [0, 0.1) is 0 Å². The third-order valence-corrected chi connectivity index (χ3v) is 5.23. The average Bonchev–Trinajstić information content (AvgIpc) is 3.08. The number of benzene rings is 2. The molecule has 5 nitrogen and oxygen atoms in total. The molecule has 138 valence electrons. The lowest BCUT2D eigenvalue weighted by molar-refractivity contribution is 0.154. The van der Waals surface area contributed by atoms with Crippen molar-refractivity contribution in [2.45, 2.75) is 19.5 Å². The Morgan fingerprint density at radius 2 is 1.82 bits per heavy atom. The third kappa shape index (κ3) is 3.05. The van der Waals surface area contributed by atoms with Crippen molar-refractivity contribution >= 4 is 11.8 Å². The maximum Gasteiger partial charge on any atom is 0.415 e. The van der Waals surface area contributed by atoms with Crippen LogP contribution in [-0.2, 0) is 19.5 Å². The van der Waals surface area contributed by atoms with Crippen LogP contribution in [-0.4, -0.2) is 28.2 Å². The number of aliphatic imine (C=N–C) groups is 1. The molecule has 0 atom stereocenters. The highest BCUT2D eigenvalue weighted by atomic mass is 16.6. The summed E-state index contributed by atoms with van der Waals surface area (Å²) in [7, 11) is 0. The number of fused-ring (bicyclic) bond motifs is 2. The summed E-state index contributed by atoms with van der Waals surface area (Å²) in [6.07, 6.45) is 4.02. The van der Waals surface area contributed by atoms with Crippen LogP contribution in [0.25, 0.3) is 0 Å². The molecule has 0 saturated carbocycles. The first-order chi connectivity index (χ1) is 13.8. The maximum absolute atomic E-state index is 12.6. The molecule has 1 aromatic heterocycles. The monoisotopic (exact) mass is 369 g/mol. The van der Waals surface area contributed by atoms with Gasteiger partial charge in [-0.1, -0.05) is 30.3 Å². The van der Waals surface area contributed by atoms with Crippen LogP contribution in [0.2, 0.25) is 0 Å². The summed E-state index contributed by atoms with van der Waals surface area (Å²) in [5.41, 5.74) is 6.40. The standard InChI is InChI=1S/C23H19N3O2/c27-23-26(15-16-4-2-1-3-5-16)11-8-18-12-20-19(13-21(18)28-23)14-25-22(20)17-6-9-24-10-7-17/h1-7,9-10,12-13H,8,11,14-15H2. The Kier molecular flexibility index (Phi) is 4.13. The van der Waals surface area contributed by atoms with Crippen LogP contribution in [0.5, 0.6) is 5.75 Å². The normalized spacial score (nSPS) is 15.4. The number of hydrogen-bond donors (Lipinski definition) is 0. The topological polar surface area (TPSA) is 54.8 Å². The molecule has 0 fully saturated rings. The molecule has 0 saturated heterocycles. The zero-order valence-corrected chi connectivity index (χ0v) is 15.3. The number of pyridine rings is 1. The van der Waals surface area contributed by atoms with Crippen molar-refractivity contribution in [3.8, 4) is 5.75 Å². The Hall–Kier alpha value is -3.47. The summed E-state index contributed by atoms with van der Waals surface area (Å²) >= 11 is 0. The van der Waals surface area contributed by atoms with Gasteiger partial charge in [0.15, 0.2) is 0 Å². The molecule has 3 heterocycles. The van der Waals surface area contributed by atoms with Gasteiger partial charge in [0, 0.05) is 36.6 Å². The lowest BCUT2D eigenvalue weighted by atomic mass is 9.96. The second kappa shape index (κ2) is 6.93. The number of amides is 1. The third-order valence-electron chi connectivity index (χ3n) is 5.23. The van der Waals surface area contributed by atoms with E-state index >= 15 is 0 Å². The molecule has 0 N–H and O–H groups in total. The van der Waals surface area contributed by atoms with Gasteiger partial charge in [0.2, 0.25) is 0 Å². The number of nitrogens with zero attached hydrogens (tertiary/aromatic N) is 3. The van der Waals surface area contributed by atoms with Gasteiger partial charge in [-0.2, -0.15) is 0 Å². The molecule has 0 unspecified atom stereocenters. The van der Waals surface area contributed by atoms with Gasteiger partial charge >= 0.3 is 6.09 Å². The smallest absolute Gasteiger partial charge is 0.410 e. The van der Waals surface area contributed by atoms with Crippen LogP contribution in [0.1, 0.15) is 27.8 Å². The van der Waals surface area contributed by atoms with Crippen molar-refractivity contribution in [3.63, 3.8) is 0 Å². The molecule has 5 rings (SSSR count). The van der Waals surface area contributed by atoms with Gasteiger partial charge in [-0.25, -0.2) is 4.79 Å². The highest BCUT2D eigenvalue weighted by Gasteiger charge is 2.26. The Morgan fingerprint density at radius 1 is 1.00 bits per heavy atom. The van der Waals surface area contributed by atoms with Crippen molar-refractivity contribution in [1.82, 2.24) is 9.88 Å². The minimum absolute atomic E-state index is 0.296.